The molecule has 40 heavy (non-hydrogen) atoms. The van der Waals surface area contributed by atoms with Crippen LogP contribution in [-0.2, 0) is 14.4 Å². The minimum absolute atomic E-state index is 0.00742. The van der Waals surface area contributed by atoms with Crippen LogP contribution in [0.25, 0.3) is 6.08 Å². The fraction of sp³-hybridized carbons (Fsp3) is 0.0667. The first-order valence-electron chi connectivity index (χ1n) is 12.2. The van der Waals surface area contributed by atoms with Crippen LogP contribution in [0.5, 0.6) is 0 Å². The van der Waals surface area contributed by atoms with Gasteiger partial charge in [0.15, 0.2) is 0 Å². The van der Waals surface area contributed by atoms with Gasteiger partial charge < -0.3 is 15.1 Å². The maximum atomic E-state index is 13.1. The van der Waals surface area contributed by atoms with Crippen molar-refractivity contribution in [3.8, 4) is 0 Å². The minimum Gasteiger partial charge on any atom is -0.465 e. The topological polar surface area (TPSA) is 109 Å². The summed E-state index contributed by atoms with van der Waals surface area (Å²) < 4.78 is 6.34. The van der Waals surface area contributed by atoms with Gasteiger partial charge in [0.05, 0.1) is 17.2 Å². The number of hydrogen-bond donors (Lipinski definition) is 2. The fourth-order valence-corrected chi connectivity index (χ4v) is 5.41. The maximum Gasteiger partial charge on any atom is 0.272 e. The molecule has 0 radical (unpaired) electrons. The van der Waals surface area contributed by atoms with Gasteiger partial charge in [-0.2, -0.15) is 0 Å². The molecule has 0 saturated carbocycles. The van der Waals surface area contributed by atoms with Gasteiger partial charge in [0.1, 0.15) is 11.5 Å². The molecule has 1 aliphatic heterocycles. The van der Waals surface area contributed by atoms with Crippen LogP contribution in [0.1, 0.15) is 22.5 Å². The molecule has 3 aromatic carbocycles. The Kier molecular flexibility index (Phi) is 8.46. The molecule has 0 bridgehead atoms. The normalized spacial score (nSPS) is 15.3. The number of carbonyl (C=O) groups excluding carboxylic acids is 4. The summed E-state index contributed by atoms with van der Waals surface area (Å²) in [6.45, 7) is 0. The van der Waals surface area contributed by atoms with E-state index in [4.69, 9.17) is 4.42 Å². The van der Waals surface area contributed by atoms with Crippen LogP contribution in [-0.4, -0.2) is 28.9 Å². The fourth-order valence-electron chi connectivity index (χ4n) is 4.00. The summed E-state index contributed by atoms with van der Waals surface area (Å²) in [6, 6.07) is 26.1. The molecule has 8 nitrogen and oxygen atoms in total. The highest BCUT2D eigenvalue weighted by atomic mass is 127. The molecule has 4 amide bonds. The molecule has 2 heterocycles. The third-order valence-corrected chi connectivity index (χ3v) is 7.86. The van der Waals surface area contributed by atoms with E-state index in [0.29, 0.717) is 22.7 Å². The molecule has 2 N–H and O–H groups in total. The zero-order valence-corrected chi connectivity index (χ0v) is 23.8. The lowest BCUT2D eigenvalue weighted by Crippen LogP contribution is -2.31. The second kappa shape index (κ2) is 12.3. The van der Waals surface area contributed by atoms with E-state index in [1.54, 1.807) is 78.9 Å². The summed E-state index contributed by atoms with van der Waals surface area (Å²) in [5.41, 5.74) is 1.47. The van der Waals surface area contributed by atoms with Gasteiger partial charge in [-0.25, -0.2) is 4.90 Å². The van der Waals surface area contributed by atoms with Gasteiger partial charge in [0.25, 0.3) is 11.8 Å². The summed E-state index contributed by atoms with van der Waals surface area (Å²) in [7, 11) is 0. The lowest BCUT2D eigenvalue weighted by atomic mass is 10.2. The zero-order valence-electron chi connectivity index (χ0n) is 20.9. The van der Waals surface area contributed by atoms with E-state index in [0.717, 1.165) is 8.47 Å². The van der Waals surface area contributed by atoms with Gasteiger partial charge in [-0.15, -0.1) is 11.8 Å². The molecule has 1 saturated heterocycles. The van der Waals surface area contributed by atoms with Crippen molar-refractivity contribution in [1.82, 2.24) is 5.32 Å². The number of amides is 4. The molecule has 0 aliphatic carbocycles. The van der Waals surface area contributed by atoms with Crippen molar-refractivity contribution in [3.63, 3.8) is 0 Å². The molecule has 1 fully saturated rings. The largest absolute Gasteiger partial charge is 0.465 e. The van der Waals surface area contributed by atoms with Gasteiger partial charge in [-0.3, -0.25) is 19.2 Å². The summed E-state index contributed by atoms with van der Waals surface area (Å²) >= 11 is 3.47. The Balaban J connectivity index is 1.25. The van der Waals surface area contributed by atoms with Crippen LogP contribution < -0.4 is 15.5 Å². The molecular formula is C30H22IN3O5S. The minimum atomic E-state index is -0.539. The smallest absolute Gasteiger partial charge is 0.272 e. The molecule has 200 valence electrons. The predicted molar refractivity (Wildman–Crippen MR) is 162 cm³/mol. The summed E-state index contributed by atoms with van der Waals surface area (Å²) in [5.74, 6) is -1.06. The van der Waals surface area contributed by atoms with Gasteiger partial charge in [-0.1, -0.05) is 18.2 Å². The number of rotatable bonds is 8. The van der Waals surface area contributed by atoms with Crippen LogP contribution in [0, 0.1) is 3.57 Å². The van der Waals surface area contributed by atoms with E-state index in [2.05, 4.69) is 33.2 Å². The molecule has 0 spiro atoms. The molecule has 1 aromatic heterocycles. The number of furan rings is 1. The first-order valence-corrected chi connectivity index (χ1v) is 14.2. The number of nitrogens with one attached hydrogen (secondary N) is 2. The molecule has 10 heteroatoms. The molecule has 5 rings (SSSR count). The van der Waals surface area contributed by atoms with Crippen LogP contribution >= 0.6 is 34.4 Å². The number of carbonyl (C=O) groups is 4. The second-order valence-corrected chi connectivity index (χ2v) is 11.2. The van der Waals surface area contributed by atoms with Crippen LogP contribution in [0.15, 0.2) is 112 Å². The Bertz CT molecular complexity index is 1570. The molecule has 1 unspecified atom stereocenters. The highest BCUT2D eigenvalue weighted by molar-refractivity contribution is 14.1. The maximum absolute atomic E-state index is 13.1. The number of anilines is 2. The molecule has 1 atom stereocenters. The first kappa shape index (κ1) is 27.4. The third kappa shape index (κ3) is 6.52. The highest BCUT2D eigenvalue weighted by Crippen LogP contribution is 2.34. The third-order valence-electron chi connectivity index (χ3n) is 5.94. The summed E-state index contributed by atoms with van der Waals surface area (Å²) in [6.07, 6.45) is 3.03. The lowest BCUT2D eigenvalue weighted by Gasteiger charge is -2.15. The van der Waals surface area contributed by atoms with Crippen LogP contribution in [0.3, 0.4) is 0 Å². The van der Waals surface area contributed by atoms with E-state index in [1.165, 1.54) is 29.0 Å². The number of nitrogens with zero attached hydrogens (tertiary/aromatic N) is 1. The summed E-state index contributed by atoms with van der Waals surface area (Å²) in [5, 5.41) is 4.89. The number of halogens is 1. The Morgan fingerprint density at radius 3 is 2.33 bits per heavy atom. The zero-order chi connectivity index (χ0) is 28.1. The van der Waals surface area contributed by atoms with Gasteiger partial charge >= 0.3 is 0 Å². The summed E-state index contributed by atoms with van der Waals surface area (Å²) in [4.78, 5) is 53.4. The lowest BCUT2D eigenvalue weighted by molar-refractivity contribution is -0.121. The van der Waals surface area contributed by atoms with Gasteiger partial charge in [0.2, 0.25) is 11.8 Å². The number of imide groups is 1. The standard InChI is InChI=1S/C30H22IN3O5S/c31-20-8-12-22(13-9-20)34-27(35)18-26(30(34)38)40-24-14-10-21(11-15-24)32-29(37)25(17-23-7-4-16-39-23)33-28(36)19-5-2-1-3-6-19/h1-17,26H,18H2,(H,32,37)(H,33,36)/b25-17-. The highest BCUT2D eigenvalue weighted by Gasteiger charge is 2.40. The predicted octanol–water partition coefficient (Wildman–Crippen LogP) is 5.72. The van der Waals surface area contributed by atoms with Crippen molar-refractivity contribution in [2.45, 2.75) is 16.6 Å². The Morgan fingerprint density at radius 2 is 1.65 bits per heavy atom. The van der Waals surface area contributed by atoms with Crippen LogP contribution in [0.2, 0.25) is 0 Å². The monoisotopic (exact) mass is 663 g/mol. The van der Waals surface area contributed by atoms with Crippen molar-refractivity contribution in [2.75, 3.05) is 10.2 Å². The number of thioether (sulfide) groups is 1. The molecule has 1 aliphatic rings. The SMILES string of the molecule is O=C(Nc1ccc(SC2CC(=O)N(c3ccc(I)cc3)C2=O)cc1)/C(=C/c1ccco1)NC(=O)c1ccccc1. The Labute approximate surface area is 248 Å². The number of benzene rings is 3. The van der Waals surface area contributed by atoms with Crippen molar-refractivity contribution < 1.29 is 23.6 Å². The average Bonchev–Trinajstić information content (AvgIpc) is 3.57. The van der Waals surface area contributed by atoms with Gasteiger partial charge in [-0.05, 0) is 95.4 Å². The van der Waals surface area contributed by atoms with Crippen molar-refractivity contribution in [3.05, 3.63) is 118 Å². The van der Waals surface area contributed by atoms with E-state index >= 15 is 0 Å². The number of hydrogen-bond acceptors (Lipinski definition) is 6. The quantitative estimate of drug-likeness (QED) is 0.142. The van der Waals surface area contributed by atoms with E-state index in [1.807, 2.05) is 12.1 Å². The van der Waals surface area contributed by atoms with E-state index in [9.17, 15) is 19.2 Å². The molecule has 4 aromatic rings. The van der Waals surface area contributed by atoms with Crippen LogP contribution in [0.4, 0.5) is 11.4 Å². The van der Waals surface area contributed by atoms with E-state index < -0.39 is 17.1 Å². The average molecular weight is 663 g/mol. The second-order valence-electron chi connectivity index (χ2n) is 8.73. The Morgan fingerprint density at radius 1 is 0.925 bits per heavy atom. The van der Waals surface area contributed by atoms with Crippen molar-refractivity contribution in [1.29, 1.82) is 0 Å². The first-order chi connectivity index (χ1) is 19.4. The Hall–Kier alpha value is -4.16. The molecular weight excluding hydrogens is 641 g/mol. The van der Waals surface area contributed by atoms with Gasteiger partial charge in [0, 0.05) is 32.2 Å². The van der Waals surface area contributed by atoms with Crippen molar-refractivity contribution in [2.24, 2.45) is 0 Å². The van der Waals surface area contributed by atoms with E-state index in [-0.39, 0.29) is 23.9 Å². The van der Waals surface area contributed by atoms with Crippen molar-refractivity contribution >= 4 is 75.4 Å².